The van der Waals surface area contributed by atoms with Gasteiger partial charge in [-0.25, -0.2) is 13.4 Å². The van der Waals surface area contributed by atoms with Crippen LogP contribution in [0, 0.1) is 16.4 Å². The summed E-state index contributed by atoms with van der Waals surface area (Å²) in [6.07, 6.45) is -4.64. The average molecular weight is 506 g/mol. The SMILES string of the molecule is COc1c([C@@H]2C[C@](C)(C(F)(F)F)OC[C@H]2c2cc(=O)c3c([nH]2)CCCS3(=N)=O)ccc(F)c1F. The van der Waals surface area contributed by atoms with Crippen LogP contribution in [0.1, 0.15) is 48.6 Å². The van der Waals surface area contributed by atoms with Gasteiger partial charge in [0.2, 0.25) is 5.82 Å². The second kappa shape index (κ2) is 8.33. The van der Waals surface area contributed by atoms with Gasteiger partial charge in [0.25, 0.3) is 0 Å². The van der Waals surface area contributed by atoms with E-state index < -0.39 is 69.2 Å². The standard InChI is InChI=1S/C22H23F5N2O4S/c1-21(22(25,26)27)9-12(11-5-6-14(23)18(24)19(11)32-2)13(10-33-21)16-8-17(30)20-15(29-16)4-3-7-34(20,28)31/h5-6,8,12-13,28H,3-4,7,9-10H2,1-2H3,(H,29,30)/t12-,13+,21+,34?/m0/s1. The molecule has 1 saturated heterocycles. The first-order valence-electron chi connectivity index (χ1n) is 10.5. The van der Waals surface area contributed by atoms with Crippen molar-refractivity contribution < 1.29 is 35.6 Å². The van der Waals surface area contributed by atoms with E-state index in [1.165, 1.54) is 6.07 Å². The number of ether oxygens (including phenoxy) is 2. The van der Waals surface area contributed by atoms with Crippen molar-refractivity contribution in [2.45, 2.75) is 54.7 Å². The average Bonchev–Trinajstić information content (AvgIpc) is 2.74. The summed E-state index contributed by atoms with van der Waals surface area (Å²) < 4.78 is 101. The molecule has 0 bridgehead atoms. The van der Waals surface area contributed by atoms with E-state index >= 15 is 0 Å². The van der Waals surface area contributed by atoms with Crippen molar-refractivity contribution in [3.63, 3.8) is 0 Å². The molecule has 4 rings (SSSR count). The number of rotatable bonds is 3. The molecule has 1 unspecified atom stereocenters. The highest BCUT2D eigenvalue weighted by Crippen LogP contribution is 2.51. The summed E-state index contributed by atoms with van der Waals surface area (Å²) in [7, 11) is -2.19. The normalized spacial score (nSPS) is 29.5. The number of methoxy groups -OCH3 is 1. The molecule has 0 aliphatic carbocycles. The van der Waals surface area contributed by atoms with Crippen LogP contribution in [0.25, 0.3) is 0 Å². The lowest BCUT2D eigenvalue weighted by molar-refractivity contribution is -0.286. The Morgan fingerprint density at radius 3 is 2.62 bits per heavy atom. The van der Waals surface area contributed by atoms with Gasteiger partial charge in [0.15, 0.2) is 22.6 Å². The molecular formula is C22H23F5N2O4S. The number of alkyl halides is 3. The van der Waals surface area contributed by atoms with Crippen molar-refractivity contribution in [2.75, 3.05) is 19.5 Å². The van der Waals surface area contributed by atoms with Crippen LogP contribution in [0.5, 0.6) is 5.75 Å². The van der Waals surface area contributed by atoms with Gasteiger partial charge >= 0.3 is 6.18 Å². The molecule has 2 aliphatic heterocycles. The number of aryl methyl sites for hydroxylation is 1. The van der Waals surface area contributed by atoms with Gasteiger partial charge in [0.1, 0.15) is 4.90 Å². The first kappa shape index (κ1) is 24.6. The van der Waals surface area contributed by atoms with Gasteiger partial charge in [0, 0.05) is 40.6 Å². The summed E-state index contributed by atoms with van der Waals surface area (Å²) in [6.45, 7) is 0.404. The van der Waals surface area contributed by atoms with Gasteiger partial charge in [-0.15, -0.1) is 0 Å². The lowest BCUT2D eigenvalue weighted by Gasteiger charge is -2.44. The molecule has 186 valence electrons. The smallest absolute Gasteiger partial charge is 0.417 e. The van der Waals surface area contributed by atoms with E-state index in [-0.39, 0.29) is 21.9 Å². The largest absolute Gasteiger partial charge is 0.493 e. The number of nitrogens with one attached hydrogen (secondary N) is 2. The zero-order valence-electron chi connectivity index (χ0n) is 18.4. The Bertz CT molecular complexity index is 1290. The number of halogens is 5. The number of H-pyrrole nitrogens is 1. The van der Waals surface area contributed by atoms with Crippen molar-refractivity contribution in [1.29, 1.82) is 4.78 Å². The van der Waals surface area contributed by atoms with E-state index in [0.29, 0.717) is 18.5 Å². The second-order valence-corrected chi connectivity index (χ2v) is 11.0. The molecule has 0 spiro atoms. The van der Waals surface area contributed by atoms with Gasteiger partial charge < -0.3 is 14.5 Å². The van der Waals surface area contributed by atoms with Crippen LogP contribution in [-0.4, -0.2) is 40.4 Å². The highest BCUT2D eigenvalue weighted by molar-refractivity contribution is 7.92. The summed E-state index contributed by atoms with van der Waals surface area (Å²) in [4.78, 5) is 15.7. The van der Waals surface area contributed by atoms with Crippen molar-refractivity contribution in [2.24, 2.45) is 0 Å². The minimum Gasteiger partial charge on any atom is -0.493 e. The number of hydrogen-bond donors (Lipinski definition) is 2. The highest BCUT2D eigenvalue weighted by Gasteiger charge is 2.57. The predicted octanol–water partition coefficient (Wildman–Crippen LogP) is 4.62. The zero-order valence-corrected chi connectivity index (χ0v) is 19.2. The quantitative estimate of drug-likeness (QED) is 0.595. The Morgan fingerprint density at radius 2 is 1.97 bits per heavy atom. The summed E-state index contributed by atoms with van der Waals surface area (Å²) >= 11 is 0. The van der Waals surface area contributed by atoms with E-state index in [9.17, 15) is 31.0 Å². The Hall–Kier alpha value is -2.47. The number of hydrogen-bond acceptors (Lipinski definition) is 5. The maximum atomic E-state index is 14.5. The van der Waals surface area contributed by atoms with Crippen molar-refractivity contribution >= 4 is 9.73 Å². The van der Waals surface area contributed by atoms with Crippen LogP contribution in [-0.2, 0) is 20.9 Å². The van der Waals surface area contributed by atoms with Crippen LogP contribution >= 0.6 is 0 Å². The Kier molecular flexibility index (Phi) is 6.04. The minimum absolute atomic E-state index is 0.00744. The van der Waals surface area contributed by atoms with Gasteiger partial charge in [-0.2, -0.15) is 17.6 Å². The fourth-order valence-electron chi connectivity index (χ4n) is 4.80. The van der Waals surface area contributed by atoms with Crippen LogP contribution < -0.4 is 10.2 Å². The number of fused-ring (bicyclic) bond motifs is 1. The molecule has 1 aromatic carbocycles. The first-order chi connectivity index (χ1) is 15.8. The van der Waals surface area contributed by atoms with Gasteiger partial charge in [-0.1, -0.05) is 6.07 Å². The fraction of sp³-hybridized carbons (Fsp3) is 0.500. The van der Waals surface area contributed by atoms with E-state index in [4.69, 9.17) is 14.3 Å². The molecule has 6 nitrogen and oxygen atoms in total. The Morgan fingerprint density at radius 1 is 1.26 bits per heavy atom. The molecule has 1 fully saturated rings. The van der Waals surface area contributed by atoms with Gasteiger partial charge in [0.05, 0.1) is 23.4 Å². The number of pyridine rings is 1. The minimum atomic E-state index is -4.75. The molecule has 4 atom stereocenters. The van der Waals surface area contributed by atoms with E-state index in [1.807, 2.05) is 0 Å². The monoisotopic (exact) mass is 506 g/mol. The second-order valence-electron chi connectivity index (χ2n) is 8.82. The maximum Gasteiger partial charge on any atom is 0.417 e. The maximum absolute atomic E-state index is 14.5. The molecule has 2 aliphatic rings. The summed E-state index contributed by atoms with van der Waals surface area (Å²) in [5.74, 6) is -4.95. The molecule has 2 aromatic rings. The van der Waals surface area contributed by atoms with E-state index in [1.54, 1.807) is 0 Å². The Labute approximate surface area is 192 Å². The number of aromatic amines is 1. The van der Waals surface area contributed by atoms with Crippen LogP contribution in [0.15, 0.2) is 27.9 Å². The molecule has 0 saturated carbocycles. The lowest BCUT2D eigenvalue weighted by atomic mass is 9.74. The summed E-state index contributed by atoms with van der Waals surface area (Å²) in [6, 6.07) is 3.10. The third kappa shape index (κ3) is 4.00. The van der Waals surface area contributed by atoms with Crippen LogP contribution in [0.4, 0.5) is 22.0 Å². The Balaban J connectivity index is 1.88. The molecule has 34 heavy (non-hydrogen) atoms. The molecule has 0 amide bonds. The van der Waals surface area contributed by atoms with Crippen LogP contribution in [0.3, 0.4) is 0 Å². The topological polar surface area (TPSA) is 92.2 Å². The van der Waals surface area contributed by atoms with Gasteiger partial charge in [-0.3, -0.25) is 4.79 Å². The highest BCUT2D eigenvalue weighted by atomic mass is 32.2. The number of benzene rings is 1. The number of aromatic nitrogens is 1. The third-order valence-corrected chi connectivity index (χ3v) is 8.60. The lowest BCUT2D eigenvalue weighted by Crippen LogP contribution is -2.51. The summed E-state index contributed by atoms with van der Waals surface area (Å²) in [5.41, 5.74) is -2.71. The van der Waals surface area contributed by atoms with E-state index in [2.05, 4.69) is 4.98 Å². The third-order valence-electron chi connectivity index (χ3n) is 6.63. The predicted molar refractivity (Wildman–Crippen MR) is 113 cm³/mol. The molecule has 0 radical (unpaired) electrons. The van der Waals surface area contributed by atoms with Crippen molar-refractivity contribution in [3.8, 4) is 5.75 Å². The van der Waals surface area contributed by atoms with Crippen molar-refractivity contribution in [3.05, 3.63) is 57.0 Å². The fourth-order valence-corrected chi connectivity index (χ4v) is 6.49. The van der Waals surface area contributed by atoms with E-state index in [0.717, 1.165) is 26.2 Å². The zero-order chi connectivity index (χ0) is 25.1. The summed E-state index contributed by atoms with van der Waals surface area (Å²) in [5, 5.41) is 0. The molecule has 2 N–H and O–H groups in total. The first-order valence-corrected chi connectivity index (χ1v) is 12.3. The molecule has 12 heteroatoms. The molecular weight excluding hydrogens is 483 g/mol. The van der Waals surface area contributed by atoms with Crippen molar-refractivity contribution in [1.82, 2.24) is 4.98 Å². The van der Waals surface area contributed by atoms with Gasteiger partial charge in [-0.05, 0) is 32.3 Å². The molecule has 3 heterocycles. The molecule has 1 aromatic heterocycles. The van der Waals surface area contributed by atoms with Crippen LogP contribution in [0.2, 0.25) is 0 Å².